The van der Waals surface area contributed by atoms with Gasteiger partial charge in [0.05, 0.1) is 11.8 Å². The lowest BCUT2D eigenvalue weighted by atomic mass is 9.98. The Morgan fingerprint density at radius 3 is 2.39 bits per heavy atom. The number of rotatable bonds is 7. The van der Waals surface area contributed by atoms with Crippen LogP contribution < -0.4 is 10.2 Å². The lowest BCUT2D eigenvalue weighted by Crippen LogP contribution is -2.32. The Hall–Kier alpha value is -1.94. The van der Waals surface area contributed by atoms with Gasteiger partial charge < -0.3 is 10.2 Å². The molecule has 0 saturated carbocycles. The molecule has 1 saturated heterocycles. The minimum absolute atomic E-state index is 0.0305. The molecule has 4 heteroatoms. The van der Waals surface area contributed by atoms with E-state index in [2.05, 4.69) is 79.5 Å². The van der Waals surface area contributed by atoms with Crippen molar-refractivity contribution in [1.29, 1.82) is 0 Å². The smallest absolute Gasteiger partial charge is 0.230 e. The van der Waals surface area contributed by atoms with Crippen LogP contribution in [0.15, 0.2) is 48.5 Å². The molecular formula is C24H32N2OS. The van der Waals surface area contributed by atoms with Gasteiger partial charge in [0, 0.05) is 24.5 Å². The average Bonchev–Trinajstić information content (AvgIpc) is 2.70. The summed E-state index contributed by atoms with van der Waals surface area (Å²) in [6.07, 6.45) is 2.54. The summed E-state index contributed by atoms with van der Waals surface area (Å²) in [7, 11) is 0. The number of amides is 1. The van der Waals surface area contributed by atoms with Crippen LogP contribution in [0.3, 0.4) is 0 Å². The summed E-state index contributed by atoms with van der Waals surface area (Å²) in [5.41, 5.74) is 4.98. The van der Waals surface area contributed by atoms with Gasteiger partial charge >= 0.3 is 0 Å². The minimum atomic E-state index is 0.0305. The number of aryl methyl sites for hydroxylation is 1. The fourth-order valence-corrected chi connectivity index (χ4v) is 4.35. The molecule has 1 N–H and O–H groups in total. The van der Waals surface area contributed by atoms with E-state index in [9.17, 15) is 4.79 Å². The maximum atomic E-state index is 12.3. The molecule has 28 heavy (non-hydrogen) atoms. The molecule has 1 amide bonds. The van der Waals surface area contributed by atoms with Crippen molar-refractivity contribution >= 4 is 23.4 Å². The Balaban J connectivity index is 1.43. The van der Waals surface area contributed by atoms with Gasteiger partial charge in [0.25, 0.3) is 0 Å². The average molecular weight is 397 g/mol. The Bertz CT molecular complexity index is 749. The summed E-state index contributed by atoms with van der Waals surface area (Å²) >= 11 is 1.66. The number of hydrogen-bond acceptors (Lipinski definition) is 3. The van der Waals surface area contributed by atoms with Crippen molar-refractivity contribution in [3.63, 3.8) is 0 Å². The normalized spacial score (nSPS) is 16.0. The van der Waals surface area contributed by atoms with E-state index >= 15 is 0 Å². The quantitative estimate of drug-likeness (QED) is 0.685. The van der Waals surface area contributed by atoms with Crippen molar-refractivity contribution in [2.24, 2.45) is 5.92 Å². The summed E-state index contributed by atoms with van der Waals surface area (Å²) in [5, 5.41) is 3.12. The van der Waals surface area contributed by atoms with Crippen molar-refractivity contribution in [1.82, 2.24) is 5.32 Å². The number of carbonyl (C=O) groups is 1. The Kier molecular flexibility index (Phi) is 7.43. The number of anilines is 1. The highest BCUT2D eigenvalue weighted by Gasteiger charge is 2.16. The second-order valence-electron chi connectivity index (χ2n) is 8.03. The number of hydrogen-bond donors (Lipinski definition) is 1. The molecule has 2 aromatic carbocycles. The van der Waals surface area contributed by atoms with Crippen LogP contribution in [0.5, 0.6) is 0 Å². The standard InChI is InChI=1S/C24H32N2OS/c1-18-4-6-21(7-5-18)16-28-17-24(27)25-20(3)22-8-10-23(11-9-22)26-14-12-19(2)13-15-26/h4-11,19-20H,12-17H2,1-3H3,(H,25,27)/t20-/m0/s1. The number of carbonyl (C=O) groups excluding carboxylic acids is 1. The Morgan fingerprint density at radius 2 is 1.75 bits per heavy atom. The number of thioether (sulfide) groups is 1. The summed E-state index contributed by atoms with van der Waals surface area (Å²) in [6.45, 7) is 8.77. The lowest BCUT2D eigenvalue weighted by molar-refractivity contribution is -0.119. The monoisotopic (exact) mass is 396 g/mol. The molecule has 0 unspecified atom stereocenters. The van der Waals surface area contributed by atoms with Crippen molar-refractivity contribution in [2.45, 2.75) is 45.4 Å². The van der Waals surface area contributed by atoms with Crippen LogP contribution >= 0.6 is 11.8 Å². The molecule has 1 heterocycles. The van der Waals surface area contributed by atoms with Crippen LogP contribution in [-0.2, 0) is 10.5 Å². The number of nitrogens with one attached hydrogen (secondary N) is 1. The van der Waals surface area contributed by atoms with E-state index in [1.165, 1.54) is 29.7 Å². The van der Waals surface area contributed by atoms with Crippen LogP contribution in [0.25, 0.3) is 0 Å². The van der Waals surface area contributed by atoms with Crippen molar-refractivity contribution < 1.29 is 4.79 Å². The number of benzene rings is 2. The zero-order valence-electron chi connectivity index (χ0n) is 17.3. The number of nitrogens with zero attached hydrogens (tertiary/aromatic N) is 1. The van der Waals surface area contributed by atoms with Crippen molar-refractivity contribution in [2.75, 3.05) is 23.7 Å². The van der Waals surface area contributed by atoms with Crippen molar-refractivity contribution in [3.8, 4) is 0 Å². The molecule has 2 aromatic rings. The first-order valence-electron chi connectivity index (χ1n) is 10.3. The lowest BCUT2D eigenvalue weighted by Gasteiger charge is -2.32. The largest absolute Gasteiger partial charge is 0.372 e. The fraction of sp³-hybridized carbons (Fsp3) is 0.458. The van der Waals surface area contributed by atoms with Gasteiger partial charge in [0.2, 0.25) is 5.91 Å². The summed E-state index contributed by atoms with van der Waals surface area (Å²) in [5.74, 6) is 2.29. The highest BCUT2D eigenvalue weighted by molar-refractivity contribution is 7.99. The highest BCUT2D eigenvalue weighted by atomic mass is 32.2. The Morgan fingerprint density at radius 1 is 1.11 bits per heavy atom. The maximum Gasteiger partial charge on any atom is 0.230 e. The Labute approximate surface area is 173 Å². The molecule has 1 atom stereocenters. The predicted molar refractivity (Wildman–Crippen MR) is 121 cm³/mol. The van der Waals surface area contributed by atoms with Crippen LogP contribution in [0.2, 0.25) is 0 Å². The second-order valence-corrected chi connectivity index (χ2v) is 9.01. The van der Waals surface area contributed by atoms with Gasteiger partial charge in [-0.1, -0.05) is 48.9 Å². The van der Waals surface area contributed by atoms with E-state index in [1.807, 2.05) is 0 Å². The molecule has 3 rings (SSSR count). The van der Waals surface area contributed by atoms with Gasteiger partial charge in [-0.15, -0.1) is 11.8 Å². The van der Waals surface area contributed by atoms with Gasteiger partial charge in [-0.05, 0) is 55.9 Å². The third kappa shape index (κ3) is 6.03. The minimum Gasteiger partial charge on any atom is -0.372 e. The molecule has 1 aliphatic heterocycles. The van der Waals surface area contributed by atoms with E-state index in [4.69, 9.17) is 0 Å². The van der Waals surface area contributed by atoms with Crippen LogP contribution in [0.4, 0.5) is 5.69 Å². The highest BCUT2D eigenvalue weighted by Crippen LogP contribution is 2.24. The maximum absolute atomic E-state index is 12.3. The summed E-state index contributed by atoms with van der Waals surface area (Å²) < 4.78 is 0. The zero-order valence-corrected chi connectivity index (χ0v) is 18.1. The van der Waals surface area contributed by atoms with Gasteiger partial charge in [0.15, 0.2) is 0 Å². The van der Waals surface area contributed by atoms with Crippen LogP contribution in [0.1, 0.15) is 49.4 Å². The van der Waals surface area contributed by atoms with Gasteiger partial charge in [-0.3, -0.25) is 4.79 Å². The first-order chi connectivity index (χ1) is 13.5. The zero-order chi connectivity index (χ0) is 19.9. The molecule has 150 valence electrons. The van der Waals surface area contributed by atoms with Gasteiger partial charge in [0.1, 0.15) is 0 Å². The molecule has 3 nitrogen and oxygen atoms in total. The third-order valence-electron chi connectivity index (χ3n) is 5.54. The van der Waals surface area contributed by atoms with Gasteiger partial charge in [-0.2, -0.15) is 0 Å². The first kappa shape index (κ1) is 20.8. The SMILES string of the molecule is Cc1ccc(CSCC(=O)N[C@@H](C)c2ccc(N3CCC(C)CC3)cc2)cc1. The van der Waals surface area contributed by atoms with Crippen LogP contribution in [0, 0.1) is 12.8 Å². The molecule has 0 radical (unpaired) electrons. The molecular weight excluding hydrogens is 364 g/mol. The van der Waals surface area contributed by atoms with Crippen molar-refractivity contribution in [3.05, 3.63) is 65.2 Å². The molecule has 0 bridgehead atoms. The van der Waals surface area contributed by atoms with E-state index < -0.39 is 0 Å². The van der Waals surface area contributed by atoms with E-state index in [-0.39, 0.29) is 11.9 Å². The molecule has 0 spiro atoms. The second kappa shape index (κ2) is 10.0. The molecule has 1 fully saturated rings. The fourth-order valence-electron chi connectivity index (χ4n) is 3.55. The molecule has 0 aromatic heterocycles. The molecule has 1 aliphatic rings. The first-order valence-corrected chi connectivity index (χ1v) is 11.4. The van der Waals surface area contributed by atoms with Crippen LogP contribution in [-0.4, -0.2) is 24.7 Å². The summed E-state index contributed by atoms with van der Waals surface area (Å²) in [4.78, 5) is 14.7. The third-order valence-corrected chi connectivity index (χ3v) is 6.55. The number of piperidine rings is 1. The van der Waals surface area contributed by atoms with E-state index in [0.717, 1.165) is 30.3 Å². The molecule has 0 aliphatic carbocycles. The van der Waals surface area contributed by atoms with E-state index in [1.54, 1.807) is 11.8 Å². The predicted octanol–water partition coefficient (Wildman–Crippen LogP) is 5.34. The summed E-state index contributed by atoms with van der Waals surface area (Å²) in [6, 6.07) is 17.2. The topological polar surface area (TPSA) is 32.3 Å². The van der Waals surface area contributed by atoms with E-state index in [0.29, 0.717) is 5.75 Å². The van der Waals surface area contributed by atoms with Gasteiger partial charge in [-0.25, -0.2) is 0 Å².